The zero-order chi connectivity index (χ0) is 9.26. The lowest BCUT2D eigenvalue weighted by Gasteiger charge is -2.14. The Labute approximate surface area is 73.6 Å². The quantitative estimate of drug-likeness (QED) is 0.651. The van der Waals surface area contributed by atoms with Gasteiger partial charge in [-0.25, -0.2) is 4.79 Å². The monoisotopic (exact) mass is 178 g/mol. The molecule has 0 bridgehead atoms. The maximum Gasteiger partial charge on any atom is 0.357 e. The number of para-hydroxylation sites is 1. The van der Waals surface area contributed by atoms with Crippen LogP contribution in [0.3, 0.4) is 0 Å². The predicted molar refractivity (Wildman–Crippen MR) is 44.4 cm³/mol. The second-order valence-corrected chi connectivity index (χ2v) is 2.46. The molecular weight excluding hydrogens is 172 g/mol. The molecule has 0 saturated carbocycles. The summed E-state index contributed by atoms with van der Waals surface area (Å²) in [5, 5.41) is 12.3. The number of nitrogens with one attached hydrogen (secondary N) is 1. The molecule has 13 heavy (non-hydrogen) atoms. The summed E-state index contributed by atoms with van der Waals surface area (Å²) in [7, 11) is 0. The van der Waals surface area contributed by atoms with Crippen molar-refractivity contribution >= 4 is 11.7 Å². The molecule has 0 amide bonds. The molecule has 0 aromatic heterocycles. The molecule has 0 unspecified atom stereocenters. The van der Waals surface area contributed by atoms with E-state index in [9.17, 15) is 4.79 Å². The second-order valence-electron chi connectivity index (χ2n) is 2.46. The number of carboxylic acids is 1. The Morgan fingerprint density at radius 3 is 3.00 bits per heavy atom. The van der Waals surface area contributed by atoms with E-state index in [1.807, 2.05) is 0 Å². The molecule has 0 fully saturated rings. The van der Waals surface area contributed by atoms with Crippen molar-refractivity contribution in [1.29, 1.82) is 0 Å². The molecule has 1 aliphatic heterocycles. The highest BCUT2D eigenvalue weighted by Gasteiger charge is 2.20. The summed E-state index contributed by atoms with van der Waals surface area (Å²) in [6, 6.07) is 6.79. The van der Waals surface area contributed by atoms with Crippen molar-refractivity contribution < 1.29 is 14.7 Å². The average Bonchev–Trinajstić information content (AvgIpc) is 2.17. The predicted octanol–water partition coefficient (Wildman–Crippen LogP) is 0.372. The molecule has 5 nitrogen and oxygen atoms in total. The van der Waals surface area contributed by atoms with Gasteiger partial charge in [0.1, 0.15) is 0 Å². The van der Waals surface area contributed by atoms with E-state index in [4.69, 9.17) is 9.94 Å². The van der Waals surface area contributed by atoms with Gasteiger partial charge < -0.3 is 9.94 Å². The molecule has 1 heterocycles. The van der Waals surface area contributed by atoms with Crippen molar-refractivity contribution in [3.05, 3.63) is 29.8 Å². The molecule has 0 spiro atoms. The fourth-order valence-electron chi connectivity index (χ4n) is 1.09. The first kappa shape index (κ1) is 7.60. The molecule has 2 N–H and O–H groups in total. The lowest BCUT2D eigenvalue weighted by atomic mass is 10.1. The summed E-state index contributed by atoms with van der Waals surface area (Å²) in [6.45, 7) is 0. The van der Waals surface area contributed by atoms with Crippen molar-refractivity contribution in [1.82, 2.24) is 5.59 Å². The van der Waals surface area contributed by atoms with Crippen LogP contribution in [0.25, 0.3) is 0 Å². The fourth-order valence-corrected chi connectivity index (χ4v) is 1.09. The van der Waals surface area contributed by atoms with Crippen LogP contribution in [0.5, 0.6) is 5.75 Å². The van der Waals surface area contributed by atoms with E-state index in [0.29, 0.717) is 11.3 Å². The molecule has 1 aromatic rings. The van der Waals surface area contributed by atoms with Crippen LogP contribution in [0.15, 0.2) is 29.4 Å². The minimum Gasteiger partial charge on any atom is -0.476 e. The molecule has 0 saturated heterocycles. The minimum absolute atomic E-state index is 0.0400. The van der Waals surface area contributed by atoms with Crippen LogP contribution in [-0.4, -0.2) is 16.8 Å². The largest absolute Gasteiger partial charge is 0.476 e. The molecular formula is C8H6N2O3. The topological polar surface area (TPSA) is 70.9 Å². The maximum atomic E-state index is 10.7. The van der Waals surface area contributed by atoms with Crippen molar-refractivity contribution in [3.8, 4) is 5.75 Å². The highest BCUT2D eigenvalue weighted by Crippen LogP contribution is 2.20. The van der Waals surface area contributed by atoms with Crippen LogP contribution in [0.4, 0.5) is 0 Å². The van der Waals surface area contributed by atoms with Gasteiger partial charge in [0.25, 0.3) is 0 Å². The van der Waals surface area contributed by atoms with Crippen LogP contribution in [0.2, 0.25) is 0 Å². The summed E-state index contributed by atoms with van der Waals surface area (Å²) in [5.41, 5.74) is 2.62. The summed E-state index contributed by atoms with van der Waals surface area (Å²) >= 11 is 0. The van der Waals surface area contributed by atoms with Crippen LogP contribution in [0.1, 0.15) is 5.56 Å². The number of aliphatic carboxylic acids is 1. The molecule has 5 heteroatoms. The lowest BCUT2D eigenvalue weighted by molar-refractivity contribution is -0.129. The SMILES string of the molecule is O=C(O)C1=NNOc2ccccc21. The number of hydrogen-bond acceptors (Lipinski definition) is 4. The number of fused-ring (bicyclic) bond motifs is 1. The standard InChI is InChI=1S/C8H6N2O3/c11-8(12)7-5-3-1-2-4-6(5)13-10-9-7/h1-4,10H,(H,11,12). The molecule has 1 aliphatic rings. The van der Waals surface area contributed by atoms with Gasteiger partial charge in [-0.15, -0.1) is 10.7 Å². The van der Waals surface area contributed by atoms with Crippen molar-refractivity contribution in [2.24, 2.45) is 5.10 Å². The van der Waals surface area contributed by atoms with E-state index in [1.165, 1.54) is 0 Å². The number of nitrogens with zero attached hydrogens (tertiary/aromatic N) is 1. The number of carboxylic acid groups (broad SMARTS) is 1. The first-order valence-electron chi connectivity index (χ1n) is 3.61. The van der Waals surface area contributed by atoms with Crippen LogP contribution >= 0.6 is 0 Å². The Bertz CT molecular complexity index is 387. The van der Waals surface area contributed by atoms with E-state index in [-0.39, 0.29) is 5.71 Å². The van der Waals surface area contributed by atoms with Gasteiger partial charge in [0.05, 0.1) is 5.56 Å². The Balaban J connectivity index is 2.53. The molecule has 66 valence electrons. The molecule has 2 rings (SSSR count). The summed E-state index contributed by atoms with van der Waals surface area (Å²) in [5.74, 6) is -0.613. The van der Waals surface area contributed by atoms with Crippen LogP contribution in [0, 0.1) is 0 Å². The van der Waals surface area contributed by atoms with E-state index in [2.05, 4.69) is 10.7 Å². The third-order valence-corrected chi connectivity index (χ3v) is 1.66. The third kappa shape index (κ3) is 1.20. The molecule has 0 radical (unpaired) electrons. The van der Waals surface area contributed by atoms with Crippen LogP contribution < -0.4 is 10.4 Å². The van der Waals surface area contributed by atoms with Gasteiger partial charge in [-0.1, -0.05) is 12.1 Å². The number of rotatable bonds is 1. The van der Waals surface area contributed by atoms with Gasteiger partial charge >= 0.3 is 5.97 Å². The van der Waals surface area contributed by atoms with E-state index in [0.717, 1.165) is 0 Å². The molecule has 0 atom stereocenters. The Kier molecular flexibility index (Phi) is 1.63. The molecule has 0 aliphatic carbocycles. The summed E-state index contributed by atoms with van der Waals surface area (Å²) in [4.78, 5) is 15.6. The van der Waals surface area contributed by atoms with Gasteiger partial charge in [-0.05, 0) is 12.1 Å². The Morgan fingerprint density at radius 2 is 2.23 bits per heavy atom. The number of hydrogen-bond donors (Lipinski definition) is 2. The summed E-state index contributed by atoms with van der Waals surface area (Å²) in [6.07, 6.45) is 0. The van der Waals surface area contributed by atoms with Gasteiger partial charge in [0.15, 0.2) is 11.5 Å². The highest BCUT2D eigenvalue weighted by molar-refractivity contribution is 6.43. The van der Waals surface area contributed by atoms with Gasteiger partial charge in [0.2, 0.25) is 0 Å². The van der Waals surface area contributed by atoms with Crippen molar-refractivity contribution in [2.75, 3.05) is 0 Å². The maximum absolute atomic E-state index is 10.7. The lowest BCUT2D eigenvalue weighted by Crippen LogP contribution is -2.27. The third-order valence-electron chi connectivity index (χ3n) is 1.66. The van der Waals surface area contributed by atoms with Gasteiger partial charge in [-0.3, -0.25) is 0 Å². The normalized spacial score (nSPS) is 13.4. The molecule has 1 aromatic carbocycles. The Morgan fingerprint density at radius 1 is 1.46 bits per heavy atom. The van der Waals surface area contributed by atoms with Crippen molar-refractivity contribution in [3.63, 3.8) is 0 Å². The van der Waals surface area contributed by atoms with Crippen molar-refractivity contribution in [2.45, 2.75) is 0 Å². The summed E-state index contributed by atoms with van der Waals surface area (Å²) < 4.78 is 0. The number of benzene rings is 1. The second kappa shape index (κ2) is 2.78. The minimum atomic E-state index is -1.08. The highest BCUT2D eigenvalue weighted by atomic mass is 16.7. The first-order valence-corrected chi connectivity index (χ1v) is 3.61. The Hall–Kier alpha value is -2.04. The van der Waals surface area contributed by atoms with Crippen LogP contribution in [-0.2, 0) is 4.79 Å². The van der Waals surface area contributed by atoms with E-state index < -0.39 is 5.97 Å². The fraction of sp³-hybridized carbons (Fsp3) is 0. The van der Waals surface area contributed by atoms with E-state index in [1.54, 1.807) is 24.3 Å². The van der Waals surface area contributed by atoms with Gasteiger partial charge in [-0.2, -0.15) is 0 Å². The van der Waals surface area contributed by atoms with E-state index >= 15 is 0 Å². The number of hydrazone groups is 1. The smallest absolute Gasteiger partial charge is 0.357 e. The first-order chi connectivity index (χ1) is 6.29. The average molecular weight is 178 g/mol. The zero-order valence-corrected chi connectivity index (χ0v) is 6.52. The van der Waals surface area contributed by atoms with Gasteiger partial charge in [0, 0.05) is 0 Å². The zero-order valence-electron chi connectivity index (χ0n) is 6.52. The number of carbonyl (C=O) groups is 1.